The second-order valence-electron chi connectivity index (χ2n) is 9.50. The number of carbonyl (C=O) groups excluding carboxylic acids is 1. The zero-order valence-electron chi connectivity index (χ0n) is 20.2. The Labute approximate surface area is 211 Å². The van der Waals surface area contributed by atoms with Crippen molar-refractivity contribution in [3.8, 4) is 28.3 Å². The molecule has 0 radical (unpaired) electrons. The van der Waals surface area contributed by atoms with E-state index in [0.717, 1.165) is 51.5 Å². The molecule has 0 spiro atoms. The molecule has 1 aliphatic heterocycles. The van der Waals surface area contributed by atoms with Crippen molar-refractivity contribution in [3.63, 3.8) is 0 Å². The van der Waals surface area contributed by atoms with Gasteiger partial charge in [-0.1, -0.05) is 30.3 Å². The van der Waals surface area contributed by atoms with E-state index in [4.69, 9.17) is 9.72 Å². The molecule has 4 heterocycles. The molecule has 9 nitrogen and oxygen atoms in total. The molecular weight excluding hydrogens is 468 g/mol. The molecule has 1 aliphatic carbocycles. The molecule has 1 amide bonds. The first-order valence-electron chi connectivity index (χ1n) is 12.3. The van der Waals surface area contributed by atoms with Crippen molar-refractivity contribution in [3.05, 3.63) is 93.0 Å². The fourth-order valence-corrected chi connectivity index (χ4v) is 5.48. The van der Waals surface area contributed by atoms with Crippen molar-refractivity contribution >= 4 is 11.6 Å². The second kappa shape index (κ2) is 8.19. The Morgan fingerprint density at radius 2 is 1.89 bits per heavy atom. The molecule has 37 heavy (non-hydrogen) atoms. The Bertz CT molecular complexity index is 1750. The van der Waals surface area contributed by atoms with E-state index in [1.165, 1.54) is 4.52 Å². The summed E-state index contributed by atoms with van der Waals surface area (Å²) in [5.74, 6) is 0.672. The highest BCUT2D eigenvalue weighted by molar-refractivity contribution is 5.96. The van der Waals surface area contributed by atoms with Crippen molar-refractivity contribution < 1.29 is 9.53 Å². The van der Waals surface area contributed by atoms with Gasteiger partial charge in [0.2, 0.25) is 0 Å². The van der Waals surface area contributed by atoms with E-state index in [1.807, 2.05) is 54.6 Å². The summed E-state index contributed by atoms with van der Waals surface area (Å²) in [6.45, 7) is 0.705. The summed E-state index contributed by atoms with van der Waals surface area (Å²) in [6.07, 6.45) is 2.05. The standard InChI is InChI=1S/C28H24N6O3/c1-37-18-8-10-19-17(13-18)7-9-20-25(19)30-31-26(20)28(36)33-12-11-22-21(15-33)27(35)34-24(29-22)14-23(32-34)16-5-3-2-4-6-16/h2-6,8,10,13-14,32H,7,9,11-12,15H2,1H3,(H,30,31). The van der Waals surface area contributed by atoms with E-state index in [-0.39, 0.29) is 18.0 Å². The highest BCUT2D eigenvalue weighted by Gasteiger charge is 2.31. The lowest BCUT2D eigenvalue weighted by atomic mass is 9.88. The predicted octanol–water partition coefficient (Wildman–Crippen LogP) is 3.39. The summed E-state index contributed by atoms with van der Waals surface area (Å²) in [5.41, 5.74) is 7.93. The van der Waals surface area contributed by atoms with Crippen LogP contribution >= 0.6 is 0 Å². The van der Waals surface area contributed by atoms with Gasteiger partial charge in [0, 0.05) is 30.2 Å². The molecule has 5 aromatic rings. The van der Waals surface area contributed by atoms with E-state index in [1.54, 1.807) is 12.0 Å². The number of aromatic nitrogens is 5. The lowest BCUT2D eigenvalue weighted by Crippen LogP contribution is -2.40. The number of amides is 1. The molecule has 0 atom stereocenters. The van der Waals surface area contributed by atoms with Crippen LogP contribution < -0.4 is 10.3 Å². The minimum atomic E-state index is -0.172. The highest BCUT2D eigenvalue weighted by Crippen LogP contribution is 2.36. The van der Waals surface area contributed by atoms with Gasteiger partial charge in [-0.2, -0.15) is 5.10 Å². The Hall–Kier alpha value is -4.66. The molecule has 0 fully saturated rings. The van der Waals surface area contributed by atoms with Crippen molar-refractivity contribution in [1.29, 1.82) is 0 Å². The van der Waals surface area contributed by atoms with Crippen LogP contribution in [-0.4, -0.2) is 49.3 Å². The van der Waals surface area contributed by atoms with E-state index in [0.29, 0.717) is 36.3 Å². The van der Waals surface area contributed by atoms with Crippen molar-refractivity contribution in [2.45, 2.75) is 25.8 Å². The first-order valence-corrected chi connectivity index (χ1v) is 12.3. The van der Waals surface area contributed by atoms with Crippen LogP contribution in [0.3, 0.4) is 0 Å². The minimum absolute atomic E-state index is 0.141. The number of H-pyrrole nitrogens is 2. The van der Waals surface area contributed by atoms with Crippen LogP contribution in [0.15, 0.2) is 59.4 Å². The zero-order chi connectivity index (χ0) is 25.1. The Morgan fingerprint density at radius 1 is 1.03 bits per heavy atom. The molecule has 9 heteroatoms. The average Bonchev–Trinajstić information content (AvgIpc) is 3.58. The Morgan fingerprint density at radius 3 is 2.73 bits per heavy atom. The van der Waals surface area contributed by atoms with Gasteiger partial charge in [0.05, 0.1) is 36.3 Å². The quantitative estimate of drug-likeness (QED) is 0.401. The number of rotatable bonds is 3. The number of carbonyl (C=O) groups is 1. The maximum Gasteiger partial charge on any atom is 0.277 e. The third-order valence-corrected chi connectivity index (χ3v) is 7.43. The summed E-state index contributed by atoms with van der Waals surface area (Å²) in [7, 11) is 1.66. The SMILES string of the molecule is COc1ccc2c(c1)CCc1c-2n[nH]c1C(=O)N1CCc2nc3cc(-c4ccccc4)[nH]n3c(=O)c2C1. The van der Waals surface area contributed by atoms with Gasteiger partial charge in [-0.25, -0.2) is 9.50 Å². The molecule has 0 saturated carbocycles. The average molecular weight is 493 g/mol. The Kier molecular flexibility index (Phi) is 4.78. The number of benzene rings is 2. The van der Waals surface area contributed by atoms with Crippen molar-refractivity contribution in [2.24, 2.45) is 0 Å². The second-order valence-corrected chi connectivity index (χ2v) is 9.50. The number of hydrogen-bond donors (Lipinski definition) is 2. The van der Waals surface area contributed by atoms with Crippen molar-refractivity contribution in [2.75, 3.05) is 13.7 Å². The topological polar surface area (TPSA) is 108 Å². The number of aromatic amines is 2. The fraction of sp³-hybridized carbons (Fsp3) is 0.214. The molecule has 3 aromatic heterocycles. The molecule has 2 aromatic carbocycles. The number of aryl methyl sites for hydroxylation is 1. The van der Waals surface area contributed by atoms with Crippen molar-refractivity contribution in [1.82, 2.24) is 29.7 Å². The number of methoxy groups -OCH3 is 1. The van der Waals surface area contributed by atoms with Gasteiger partial charge in [-0.05, 0) is 42.2 Å². The van der Waals surface area contributed by atoms with E-state index in [2.05, 4.69) is 15.3 Å². The first-order chi connectivity index (χ1) is 18.1. The number of fused-ring (bicyclic) bond motifs is 5. The minimum Gasteiger partial charge on any atom is -0.497 e. The zero-order valence-corrected chi connectivity index (χ0v) is 20.2. The monoisotopic (exact) mass is 492 g/mol. The van der Waals surface area contributed by atoms with Gasteiger partial charge in [-0.3, -0.25) is 19.8 Å². The van der Waals surface area contributed by atoms with E-state index in [9.17, 15) is 9.59 Å². The van der Waals surface area contributed by atoms with Crippen LogP contribution in [0.5, 0.6) is 5.75 Å². The van der Waals surface area contributed by atoms with Crippen LogP contribution in [0, 0.1) is 0 Å². The molecule has 2 aliphatic rings. The lowest BCUT2D eigenvalue weighted by molar-refractivity contribution is 0.0725. The van der Waals surface area contributed by atoms with Crippen LogP contribution in [0.2, 0.25) is 0 Å². The van der Waals surface area contributed by atoms with Crippen LogP contribution in [0.1, 0.15) is 32.9 Å². The van der Waals surface area contributed by atoms with Gasteiger partial charge in [0.1, 0.15) is 11.4 Å². The third-order valence-electron chi connectivity index (χ3n) is 7.43. The number of nitrogens with one attached hydrogen (secondary N) is 2. The van der Waals surface area contributed by atoms with E-state index < -0.39 is 0 Å². The van der Waals surface area contributed by atoms with Crippen LogP contribution in [-0.2, 0) is 25.8 Å². The van der Waals surface area contributed by atoms with Gasteiger partial charge >= 0.3 is 0 Å². The van der Waals surface area contributed by atoms with Gasteiger partial charge in [-0.15, -0.1) is 0 Å². The van der Waals surface area contributed by atoms with Crippen LogP contribution in [0.25, 0.3) is 28.2 Å². The van der Waals surface area contributed by atoms with Gasteiger partial charge in [0.15, 0.2) is 5.65 Å². The number of ether oxygens (including phenoxy) is 1. The first kappa shape index (κ1) is 21.6. The molecule has 0 saturated heterocycles. The third kappa shape index (κ3) is 3.38. The number of nitrogens with zero attached hydrogens (tertiary/aromatic N) is 4. The normalized spacial score (nSPS) is 14.2. The molecular formula is C28H24N6O3. The molecule has 2 N–H and O–H groups in total. The largest absolute Gasteiger partial charge is 0.497 e. The summed E-state index contributed by atoms with van der Waals surface area (Å²) < 4.78 is 6.83. The summed E-state index contributed by atoms with van der Waals surface area (Å²) >= 11 is 0. The molecule has 184 valence electrons. The maximum absolute atomic E-state index is 13.6. The summed E-state index contributed by atoms with van der Waals surface area (Å²) in [6, 6.07) is 17.6. The molecule has 7 rings (SSSR count). The Balaban J connectivity index is 1.20. The van der Waals surface area contributed by atoms with Gasteiger partial charge < -0.3 is 9.64 Å². The maximum atomic E-state index is 13.6. The van der Waals surface area contributed by atoms with Gasteiger partial charge in [0.25, 0.3) is 11.5 Å². The summed E-state index contributed by atoms with van der Waals surface area (Å²) in [5, 5.41) is 10.7. The van der Waals surface area contributed by atoms with Crippen LogP contribution in [0.4, 0.5) is 0 Å². The lowest BCUT2D eigenvalue weighted by Gasteiger charge is -2.28. The molecule has 0 bridgehead atoms. The molecule has 0 unspecified atom stereocenters. The fourth-order valence-electron chi connectivity index (χ4n) is 5.48. The van der Waals surface area contributed by atoms with E-state index >= 15 is 0 Å². The smallest absolute Gasteiger partial charge is 0.277 e. The summed E-state index contributed by atoms with van der Waals surface area (Å²) in [4.78, 5) is 33.5. The number of hydrogen-bond acceptors (Lipinski definition) is 5. The predicted molar refractivity (Wildman–Crippen MR) is 138 cm³/mol. The highest BCUT2D eigenvalue weighted by atomic mass is 16.5.